The van der Waals surface area contributed by atoms with Gasteiger partial charge in [-0.3, -0.25) is 4.90 Å². The second-order valence-corrected chi connectivity index (χ2v) is 9.01. The van der Waals surface area contributed by atoms with Gasteiger partial charge < -0.3 is 4.74 Å². The molecule has 3 rings (SSSR count). The third-order valence-electron chi connectivity index (χ3n) is 3.99. The number of morpholine rings is 1. The van der Waals surface area contributed by atoms with Crippen LogP contribution in [0.1, 0.15) is 12.1 Å². The Kier molecular flexibility index (Phi) is 4.54. The van der Waals surface area contributed by atoms with Gasteiger partial charge >= 0.3 is 0 Å². The third kappa shape index (κ3) is 3.11. The van der Waals surface area contributed by atoms with E-state index in [1.165, 1.54) is 0 Å². The Morgan fingerprint density at radius 3 is 2.67 bits per heavy atom. The molecule has 1 unspecified atom stereocenters. The predicted molar refractivity (Wildman–Crippen MR) is 81.4 cm³/mol. The van der Waals surface area contributed by atoms with Crippen molar-refractivity contribution in [3.63, 3.8) is 0 Å². The first kappa shape index (κ1) is 15.6. The van der Waals surface area contributed by atoms with Gasteiger partial charge in [0, 0.05) is 32.2 Å². The molecule has 1 aromatic heterocycles. The highest BCUT2D eigenvalue weighted by Gasteiger charge is 2.37. The molecule has 3 heterocycles. The number of halogens is 1. The highest BCUT2D eigenvalue weighted by Crippen LogP contribution is 2.31. The molecule has 0 aromatic carbocycles. The largest absolute Gasteiger partial charge is 0.379 e. The molecule has 2 aliphatic rings. The number of aryl methyl sites for hydroxylation is 1. The van der Waals surface area contributed by atoms with Crippen LogP contribution in [0, 0.1) is 6.92 Å². The van der Waals surface area contributed by atoms with Crippen molar-refractivity contribution < 1.29 is 13.2 Å². The van der Waals surface area contributed by atoms with Gasteiger partial charge in [-0.05, 0) is 13.3 Å². The van der Waals surface area contributed by atoms with E-state index in [0.717, 1.165) is 44.1 Å². The molecule has 118 valence electrons. The van der Waals surface area contributed by atoms with Crippen molar-refractivity contribution >= 4 is 33.0 Å². The van der Waals surface area contributed by atoms with Gasteiger partial charge in [0.05, 0.1) is 18.9 Å². The molecule has 2 saturated heterocycles. The van der Waals surface area contributed by atoms with E-state index in [0.29, 0.717) is 18.8 Å². The highest BCUT2D eigenvalue weighted by atomic mass is 35.5. The van der Waals surface area contributed by atoms with Gasteiger partial charge in [0.2, 0.25) is 0 Å². The number of rotatable bonds is 3. The second kappa shape index (κ2) is 6.10. The maximum Gasteiger partial charge on any atom is 0.254 e. The number of aromatic nitrogens is 1. The number of hydrogen-bond donors (Lipinski definition) is 0. The maximum atomic E-state index is 12.7. The van der Waals surface area contributed by atoms with Gasteiger partial charge in [-0.2, -0.15) is 4.31 Å². The smallest absolute Gasteiger partial charge is 0.254 e. The Morgan fingerprint density at radius 2 is 2.05 bits per heavy atom. The van der Waals surface area contributed by atoms with Crippen LogP contribution in [-0.4, -0.2) is 68.0 Å². The summed E-state index contributed by atoms with van der Waals surface area (Å²) < 4.78 is 32.8. The number of nitrogens with zero attached hydrogens (tertiary/aromatic N) is 3. The van der Waals surface area contributed by atoms with Crippen LogP contribution in [0.5, 0.6) is 0 Å². The Bertz CT molecular complexity index is 613. The zero-order valence-corrected chi connectivity index (χ0v) is 14.2. The first-order valence-electron chi connectivity index (χ1n) is 6.93. The van der Waals surface area contributed by atoms with E-state index in [1.54, 1.807) is 11.2 Å². The van der Waals surface area contributed by atoms with Crippen molar-refractivity contribution in [1.29, 1.82) is 0 Å². The summed E-state index contributed by atoms with van der Waals surface area (Å²) in [6.07, 6.45) is 0.866. The van der Waals surface area contributed by atoms with Crippen molar-refractivity contribution in [2.45, 2.75) is 23.6 Å². The monoisotopic (exact) mass is 351 g/mol. The van der Waals surface area contributed by atoms with E-state index in [9.17, 15) is 8.42 Å². The molecule has 1 aromatic rings. The molecule has 0 aliphatic carbocycles. The molecule has 2 fully saturated rings. The summed E-state index contributed by atoms with van der Waals surface area (Å²) in [7, 11) is -3.47. The summed E-state index contributed by atoms with van der Waals surface area (Å²) >= 11 is 6.87. The van der Waals surface area contributed by atoms with Gasteiger partial charge in [0.1, 0.15) is 0 Å². The van der Waals surface area contributed by atoms with Crippen LogP contribution in [0.4, 0.5) is 0 Å². The molecule has 2 aliphatic heterocycles. The number of ether oxygens (including phenoxy) is 1. The predicted octanol–water partition coefficient (Wildman–Crippen LogP) is 1.20. The van der Waals surface area contributed by atoms with Crippen LogP contribution in [-0.2, 0) is 14.8 Å². The van der Waals surface area contributed by atoms with Crippen LogP contribution in [0.3, 0.4) is 0 Å². The van der Waals surface area contributed by atoms with Crippen molar-refractivity contribution in [3.05, 3.63) is 10.2 Å². The van der Waals surface area contributed by atoms with E-state index in [1.807, 2.05) is 0 Å². The van der Waals surface area contributed by atoms with E-state index >= 15 is 0 Å². The Hall–Kier alpha value is -0.250. The lowest BCUT2D eigenvalue weighted by molar-refractivity contribution is 0.0197. The average molecular weight is 352 g/mol. The summed E-state index contributed by atoms with van der Waals surface area (Å²) in [6.45, 7) is 5.99. The summed E-state index contributed by atoms with van der Waals surface area (Å²) in [5.74, 6) is 0. The molecule has 0 radical (unpaired) electrons. The highest BCUT2D eigenvalue weighted by molar-refractivity contribution is 7.91. The lowest BCUT2D eigenvalue weighted by atomic mass is 10.2. The molecule has 6 nitrogen and oxygen atoms in total. The summed E-state index contributed by atoms with van der Waals surface area (Å²) in [6, 6.07) is 0.285. The maximum absolute atomic E-state index is 12.7. The van der Waals surface area contributed by atoms with E-state index < -0.39 is 10.0 Å². The normalized spacial score (nSPS) is 25.5. The quantitative estimate of drug-likeness (QED) is 0.818. The molecular weight excluding hydrogens is 334 g/mol. The molecule has 9 heteroatoms. The second-order valence-electron chi connectivity index (χ2n) is 5.29. The lowest BCUT2D eigenvalue weighted by Crippen LogP contribution is -2.45. The van der Waals surface area contributed by atoms with Gasteiger partial charge in [-0.25, -0.2) is 13.4 Å². The topological polar surface area (TPSA) is 62.7 Å². The Labute approximate surface area is 133 Å². The molecule has 1 atom stereocenters. The minimum atomic E-state index is -3.47. The minimum Gasteiger partial charge on any atom is -0.379 e. The first-order chi connectivity index (χ1) is 9.98. The van der Waals surface area contributed by atoms with E-state index in [4.69, 9.17) is 16.3 Å². The lowest BCUT2D eigenvalue weighted by Gasteiger charge is -2.32. The molecule has 0 bridgehead atoms. The molecule has 0 N–H and O–H groups in total. The Morgan fingerprint density at radius 1 is 1.33 bits per heavy atom. The minimum absolute atomic E-state index is 0.273. The number of sulfonamides is 1. The SMILES string of the molecule is Cc1nc(Cl)sc1S(=O)(=O)N1CCC(N2CCOCC2)C1. The van der Waals surface area contributed by atoms with Gasteiger partial charge in [-0.1, -0.05) is 22.9 Å². The van der Waals surface area contributed by atoms with Crippen LogP contribution >= 0.6 is 22.9 Å². The van der Waals surface area contributed by atoms with Crippen molar-refractivity contribution in [3.8, 4) is 0 Å². The first-order valence-corrected chi connectivity index (χ1v) is 9.57. The zero-order chi connectivity index (χ0) is 15.0. The third-order valence-corrected chi connectivity index (χ3v) is 7.70. The van der Waals surface area contributed by atoms with Gasteiger partial charge in [0.25, 0.3) is 10.0 Å². The van der Waals surface area contributed by atoms with Crippen molar-refractivity contribution in [2.24, 2.45) is 0 Å². The van der Waals surface area contributed by atoms with Gasteiger partial charge in [0.15, 0.2) is 8.68 Å². The molecule has 0 saturated carbocycles. The number of hydrogen-bond acceptors (Lipinski definition) is 6. The average Bonchev–Trinajstić information content (AvgIpc) is 3.07. The summed E-state index contributed by atoms with van der Waals surface area (Å²) in [5, 5.41) is 0. The summed E-state index contributed by atoms with van der Waals surface area (Å²) in [4.78, 5) is 6.33. The van der Waals surface area contributed by atoms with Crippen molar-refractivity contribution in [2.75, 3.05) is 39.4 Å². The van der Waals surface area contributed by atoms with Crippen molar-refractivity contribution in [1.82, 2.24) is 14.2 Å². The fourth-order valence-corrected chi connectivity index (χ4v) is 6.24. The fraction of sp³-hybridized carbons (Fsp3) is 0.750. The Balaban J connectivity index is 1.74. The molecule has 21 heavy (non-hydrogen) atoms. The van der Waals surface area contributed by atoms with Crippen LogP contribution in [0.25, 0.3) is 0 Å². The molecular formula is C12H18ClN3O3S2. The van der Waals surface area contributed by atoms with Crippen LogP contribution in [0.2, 0.25) is 4.47 Å². The van der Waals surface area contributed by atoms with Crippen LogP contribution < -0.4 is 0 Å². The van der Waals surface area contributed by atoms with E-state index in [-0.39, 0.29) is 14.7 Å². The van der Waals surface area contributed by atoms with Gasteiger partial charge in [-0.15, -0.1) is 0 Å². The fourth-order valence-electron chi connectivity index (χ4n) is 2.88. The zero-order valence-electron chi connectivity index (χ0n) is 11.8. The number of thiazole rings is 1. The molecule has 0 amide bonds. The van der Waals surface area contributed by atoms with Crippen LogP contribution in [0.15, 0.2) is 4.21 Å². The standard InChI is InChI=1S/C12H18ClN3O3S2/c1-9-11(20-12(13)14-9)21(17,18)16-3-2-10(8-16)15-4-6-19-7-5-15/h10H,2-8H2,1H3. The molecule has 0 spiro atoms. The van der Waals surface area contributed by atoms with E-state index in [2.05, 4.69) is 9.88 Å². The summed E-state index contributed by atoms with van der Waals surface area (Å²) in [5.41, 5.74) is 0.486.